The molecule has 0 fully saturated rings. The number of H-pyrrole nitrogens is 1. The monoisotopic (exact) mass is 279 g/mol. The van der Waals surface area contributed by atoms with Crippen molar-refractivity contribution in [1.82, 2.24) is 14.3 Å². The number of aromatic nitrogens is 2. The largest absolute Gasteiger partial charge is 0.332 e. The molecule has 0 unspecified atom stereocenters. The number of sulfonamides is 1. The minimum atomic E-state index is -3.47. The van der Waals surface area contributed by atoms with E-state index in [9.17, 15) is 8.42 Å². The molecule has 0 saturated heterocycles. The second-order valence-corrected chi connectivity index (χ2v) is 6.41. The van der Waals surface area contributed by atoms with Crippen molar-refractivity contribution < 1.29 is 8.42 Å². The molecule has 1 aromatic heterocycles. The van der Waals surface area contributed by atoms with E-state index < -0.39 is 10.0 Å². The zero-order chi connectivity index (χ0) is 13.9. The zero-order valence-electron chi connectivity index (χ0n) is 11.0. The Kier molecular flexibility index (Phi) is 4.01. The molecule has 0 atom stereocenters. The van der Waals surface area contributed by atoms with Gasteiger partial charge in [-0.1, -0.05) is 30.3 Å². The highest BCUT2D eigenvalue weighted by molar-refractivity contribution is 7.89. The highest BCUT2D eigenvalue weighted by atomic mass is 32.2. The fraction of sp³-hybridized carbons (Fsp3) is 0.308. The summed E-state index contributed by atoms with van der Waals surface area (Å²) >= 11 is 0. The van der Waals surface area contributed by atoms with Crippen LogP contribution in [0.2, 0.25) is 0 Å². The summed E-state index contributed by atoms with van der Waals surface area (Å²) in [6.45, 7) is 2.16. The normalized spacial score (nSPS) is 11.9. The maximum atomic E-state index is 12.2. The summed E-state index contributed by atoms with van der Waals surface area (Å²) in [5.41, 5.74) is 1.12. The SMILES string of the molecule is Cc1ncc(S(=O)(=O)N(C)CCc2ccccc2)[nH]1. The molecule has 2 rings (SSSR count). The van der Waals surface area contributed by atoms with E-state index in [-0.39, 0.29) is 5.03 Å². The number of hydrogen-bond acceptors (Lipinski definition) is 3. The molecule has 0 amide bonds. The van der Waals surface area contributed by atoms with Crippen LogP contribution in [0.5, 0.6) is 0 Å². The van der Waals surface area contributed by atoms with Crippen molar-refractivity contribution in [3.63, 3.8) is 0 Å². The maximum Gasteiger partial charge on any atom is 0.259 e. The lowest BCUT2D eigenvalue weighted by molar-refractivity contribution is 0.470. The summed E-state index contributed by atoms with van der Waals surface area (Å²) in [5.74, 6) is 0.593. The summed E-state index contributed by atoms with van der Waals surface area (Å²) in [6.07, 6.45) is 2.04. The molecule has 6 heteroatoms. The standard InChI is InChI=1S/C13H17N3O2S/c1-11-14-10-13(15-11)19(17,18)16(2)9-8-12-6-4-3-5-7-12/h3-7,10H,8-9H2,1-2H3,(H,14,15). The van der Waals surface area contributed by atoms with Crippen LogP contribution in [0.4, 0.5) is 0 Å². The van der Waals surface area contributed by atoms with Gasteiger partial charge in [-0.2, -0.15) is 4.31 Å². The van der Waals surface area contributed by atoms with E-state index in [0.29, 0.717) is 18.8 Å². The lowest BCUT2D eigenvalue weighted by Crippen LogP contribution is -2.29. The van der Waals surface area contributed by atoms with Gasteiger partial charge in [-0.3, -0.25) is 0 Å². The Labute approximate surface area is 113 Å². The van der Waals surface area contributed by atoms with Gasteiger partial charge in [-0.15, -0.1) is 0 Å². The van der Waals surface area contributed by atoms with Gasteiger partial charge in [0.25, 0.3) is 10.0 Å². The molecule has 0 bridgehead atoms. The maximum absolute atomic E-state index is 12.2. The number of nitrogens with one attached hydrogen (secondary N) is 1. The topological polar surface area (TPSA) is 66.1 Å². The average molecular weight is 279 g/mol. The third-order valence-corrected chi connectivity index (χ3v) is 4.69. The highest BCUT2D eigenvalue weighted by Crippen LogP contribution is 2.12. The van der Waals surface area contributed by atoms with Crippen LogP contribution in [0.25, 0.3) is 0 Å². The van der Waals surface area contributed by atoms with Crippen LogP contribution in [0, 0.1) is 6.92 Å². The lowest BCUT2D eigenvalue weighted by Gasteiger charge is -2.15. The van der Waals surface area contributed by atoms with E-state index in [4.69, 9.17) is 0 Å². The fourth-order valence-electron chi connectivity index (χ4n) is 1.75. The second-order valence-electron chi connectivity index (χ2n) is 4.40. The third-order valence-electron chi connectivity index (χ3n) is 2.93. The van der Waals surface area contributed by atoms with Crippen LogP contribution in [-0.2, 0) is 16.4 Å². The van der Waals surface area contributed by atoms with E-state index in [1.54, 1.807) is 14.0 Å². The Hall–Kier alpha value is -1.66. The van der Waals surface area contributed by atoms with E-state index in [2.05, 4.69) is 9.97 Å². The number of likely N-dealkylation sites (N-methyl/N-ethyl adjacent to an activating group) is 1. The van der Waals surface area contributed by atoms with Gasteiger partial charge in [-0.25, -0.2) is 13.4 Å². The molecule has 19 heavy (non-hydrogen) atoms. The van der Waals surface area contributed by atoms with Crippen LogP contribution in [0.1, 0.15) is 11.4 Å². The molecule has 5 nitrogen and oxygen atoms in total. The van der Waals surface area contributed by atoms with Gasteiger partial charge in [0, 0.05) is 13.6 Å². The van der Waals surface area contributed by atoms with Gasteiger partial charge < -0.3 is 4.98 Å². The molecule has 0 radical (unpaired) electrons. The Balaban J connectivity index is 2.05. The number of aromatic amines is 1. The molecule has 0 aliphatic carbocycles. The fourth-order valence-corrected chi connectivity index (χ4v) is 2.88. The molecular formula is C13H17N3O2S. The van der Waals surface area contributed by atoms with Crippen LogP contribution in [0.3, 0.4) is 0 Å². The van der Waals surface area contributed by atoms with Crippen molar-refractivity contribution in [2.45, 2.75) is 18.4 Å². The predicted octanol–water partition coefficient (Wildman–Crippen LogP) is 1.58. The van der Waals surface area contributed by atoms with Crippen LogP contribution in [0.15, 0.2) is 41.6 Å². The van der Waals surface area contributed by atoms with E-state index >= 15 is 0 Å². The predicted molar refractivity (Wildman–Crippen MR) is 73.3 cm³/mol. The number of aryl methyl sites for hydroxylation is 1. The smallest absolute Gasteiger partial charge is 0.259 e. The number of nitrogens with zero attached hydrogens (tertiary/aromatic N) is 2. The molecule has 0 aliphatic heterocycles. The van der Waals surface area contributed by atoms with E-state index in [1.807, 2.05) is 30.3 Å². The minimum absolute atomic E-state index is 0.139. The minimum Gasteiger partial charge on any atom is -0.332 e. The summed E-state index contributed by atoms with van der Waals surface area (Å²) in [4.78, 5) is 6.68. The molecule has 0 spiro atoms. The van der Waals surface area contributed by atoms with Gasteiger partial charge >= 0.3 is 0 Å². The molecule has 2 aromatic rings. The van der Waals surface area contributed by atoms with Crippen LogP contribution >= 0.6 is 0 Å². The lowest BCUT2D eigenvalue weighted by atomic mass is 10.2. The number of rotatable bonds is 5. The Morgan fingerprint density at radius 2 is 1.95 bits per heavy atom. The summed E-state index contributed by atoms with van der Waals surface area (Å²) < 4.78 is 25.8. The van der Waals surface area contributed by atoms with Crippen molar-refractivity contribution in [1.29, 1.82) is 0 Å². The van der Waals surface area contributed by atoms with Crippen LogP contribution in [-0.4, -0.2) is 36.3 Å². The molecule has 102 valence electrons. The summed E-state index contributed by atoms with van der Waals surface area (Å²) in [6, 6.07) is 9.81. The molecule has 0 aliphatic rings. The summed E-state index contributed by atoms with van der Waals surface area (Å²) in [7, 11) is -1.90. The number of hydrogen-bond donors (Lipinski definition) is 1. The Bertz CT molecular complexity index is 635. The molecular weight excluding hydrogens is 262 g/mol. The first kappa shape index (κ1) is 13.8. The zero-order valence-corrected chi connectivity index (χ0v) is 11.8. The first-order valence-electron chi connectivity index (χ1n) is 6.02. The van der Waals surface area contributed by atoms with Crippen molar-refractivity contribution in [2.24, 2.45) is 0 Å². The molecule has 0 saturated carbocycles. The van der Waals surface area contributed by atoms with Gasteiger partial charge in [0.2, 0.25) is 0 Å². The first-order chi connectivity index (χ1) is 9.00. The third kappa shape index (κ3) is 3.21. The molecule has 1 N–H and O–H groups in total. The molecule has 1 heterocycles. The Morgan fingerprint density at radius 1 is 1.26 bits per heavy atom. The van der Waals surface area contributed by atoms with Crippen molar-refractivity contribution in [2.75, 3.05) is 13.6 Å². The molecule has 1 aromatic carbocycles. The Morgan fingerprint density at radius 3 is 2.53 bits per heavy atom. The van der Waals surface area contributed by atoms with Gasteiger partial charge in [-0.05, 0) is 18.9 Å². The van der Waals surface area contributed by atoms with Gasteiger partial charge in [0.05, 0.1) is 6.20 Å². The van der Waals surface area contributed by atoms with Crippen molar-refractivity contribution >= 4 is 10.0 Å². The van der Waals surface area contributed by atoms with Crippen molar-refractivity contribution in [3.8, 4) is 0 Å². The van der Waals surface area contributed by atoms with E-state index in [0.717, 1.165) is 5.56 Å². The number of imidazole rings is 1. The van der Waals surface area contributed by atoms with Gasteiger partial charge in [0.15, 0.2) is 5.03 Å². The first-order valence-corrected chi connectivity index (χ1v) is 7.46. The average Bonchev–Trinajstić information content (AvgIpc) is 2.84. The number of benzene rings is 1. The van der Waals surface area contributed by atoms with Crippen molar-refractivity contribution in [3.05, 3.63) is 47.9 Å². The highest BCUT2D eigenvalue weighted by Gasteiger charge is 2.22. The quantitative estimate of drug-likeness (QED) is 0.903. The van der Waals surface area contributed by atoms with Gasteiger partial charge in [0.1, 0.15) is 5.82 Å². The second kappa shape index (κ2) is 5.54. The summed E-state index contributed by atoms with van der Waals surface area (Å²) in [5, 5.41) is 0.139. The van der Waals surface area contributed by atoms with Crippen LogP contribution < -0.4 is 0 Å². The van der Waals surface area contributed by atoms with E-state index in [1.165, 1.54) is 10.5 Å².